The maximum atomic E-state index is 13.5. The number of carbonyl (C=O) groups is 2. The molecule has 0 saturated carbocycles. The molecule has 1 aromatic carbocycles. The van der Waals surface area contributed by atoms with Crippen molar-refractivity contribution in [1.29, 1.82) is 0 Å². The molecule has 0 spiro atoms. The summed E-state index contributed by atoms with van der Waals surface area (Å²) in [6.07, 6.45) is 9.03. The van der Waals surface area contributed by atoms with Crippen LogP contribution in [-0.2, 0) is 4.79 Å². The maximum Gasteiger partial charge on any atom is 0.387 e. The predicted octanol–water partition coefficient (Wildman–Crippen LogP) is 3.76. The molecule has 2 N–H and O–H groups in total. The molecule has 1 unspecified atom stereocenters. The number of rotatable bonds is 11. The van der Waals surface area contributed by atoms with Crippen molar-refractivity contribution in [3.63, 3.8) is 0 Å². The number of halogens is 4. The molecule has 2 aliphatic heterocycles. The van der Waals surface area contributed by atoms with Crippen molar-refractivity contribution in [2.45, 2.75) is 49.3 Å². The molecule has 2 aliphatic rings. The third kappa shape index (κ3) is 7.86. The number of nitrogens with one attached hydrogen (secondary N) is 2. The van der Waals surface area contributed by atoms with Gasteiger partial charge in [-0.25, -0.2) is 23.7 Å². The molecule has 0 radical (unpaired) electrons. The van der Waals surface area contributed by atoms with Crippen LogP contribution >= 0.6 is 11.8 Å². The molecule has 242 valence electrons. The normalized spacial score (nSPS) is 17.8. The standard InChI is InChI=1S/C29H34F4N8O3S/c1-29(32,33)17-38(2)18-7-11-39(12-8-18)24(42)16-40-15-22(36-27(43)21-14-35-41-10-4-9-34-26(21)41)25(37-40)20-13-19(45-3)5-6-23(20)44-28(30)31/h4-6,9-10,13-15,18,25,28,37H,7-8,11-12,16-17H2,1-3H3,(H,36,43). The van der Waals surface area contributed by atoms with Gasteiger partial charge in [-0.3, -0.25) is 14.5 Å². The second-order valence-corrected chi connectivity index (χ2v) is 11.9. The Balaban J connectivity index is 1.35. The van der Waals surface area contributed by atoms with Gasteiger partial charge in [-0.2, -0.15) is 13.9 Å². The van der Waals surface area contributed by atoms with E-state index in [1.807, 2.05) is 6.26 Å². The van der Waals surface area contributed by atoms with E-state index >= 15 is 0 Å². The number of hydrogen-bond acceptors (Lipinski definition) is 9. The van der Waals surface area contributed by atoms with Crippen LogP contribution in [0.5, 0.6) is 5.75 Å². The summed E-state index contributed by atoms with van der Waals surface area (Å²) in [6, 6.07) is 5.52. The lowest BCUT2D eigenvalue weighted by atomic mass is 10.0. The largest absolute Gasteiger partial charge is 0.434 e. The minimum absolute atomic E-state index is 0.0674. The number of aromatic nitrogens is 3. The molecule has 11 nitrogen and oxygen atoms in total. The van der Waals surface area contributed by atoms with Gasteiger partial charge in [0.25, 0.3) is 11.8 Å². The van der Waals surface area contributed by atoms with E-state index in [0.29, 0.717) is 42.8 Å². The molecule has 1 fully saturated rings. The van der Waals surface area contributed by atoms with E-state index in [9.17, 15) is 27.2 Å². The average molecular weight is 651 g/mol. The van der Waals surface area contributed by atoms with Crippen molar-refractivity contribution in [3.05, 3.63) is 65.9 Å². The van der Waals surface area contributed by atoms with Crippen molar-refractivity contribution in [1.82, 2.24) is 40.1 Å². The highest BCUT2D eigenvalue weighted by molar-refractivity contribution is 7.98. The van der Waals surface area contributed by atoms with E-state index in [2.05, 4.69) is 20.8 Å². The van der Waals surface area contributed by atoms with Crippen molar-refractivity contribution >= 4 is 29.2 Å². The fourth-order valence-electron chi connectivity index (χ4n) is 5.58. The van der Waals surface area contributed by atoms with E-state index in [0.717, 1.165) is 11.8 Å². The number of alkyl halides is 4. The first-order valence-corrected chi connectivity index (χ1v) is 15.5. The fourth-order valence-corrected chi connectivity index (χ4v) is 6.03. The van der Waals surface area contributed by atoms with Crippen LogP contribution in [0.2, 0.25) is 0 Å². The van der Waals surface area contributed by atoms with Crippen molar-refractivity contribution in [3.8, 4) is 5.75 Å². The van der Waals surface area contributed by atoms with Gasteiger partial charge in [0, 0.05) is 55.1 Å². The van der Waals surface area contributed by atoms with Crippen LogP contribution in [0.3, 0.4) is 0 Å². The molecule has 2 aromatic heterocycles. The summed E-state index contributed by atoms with van der Waals surface area (Å²) in [5.41, 5.74) is 4.30. The molecule has 3 aromatic rings. The molecule has 4 heterocycles. The van der Waals surface area contributed by atoms with E-state index in [1.165, 1.54) is 39.7 Å². The third-order valence-corrected chi connectivity index (χ3v) is 8.43. The first kappa shape index (κ1) is 32.5. The molecular formula is C29H34F4N8O3S. The van der Waals surface area contributed by atoms with Crippen molar-refractivity contribution in [2.75, 3.05) is 39.5 Å². The molecule has 2 amide bonds. The summed E-state index contributed by atoms with van der Waals surface area (Å²) in [4.78, 5) is 35.0. The topological polar surface area (TPSA) is 107 Å². The monoisotopic (exact) mass is 650 g/mol. The Kier molecular flexibility index (Phi) is 9.84. The first-order chi connectivity index (χ1) is 21.4. The fraction of sp³-hybridized carbons (Fsp3) is 0.448. The highest BCUT2D eigenvalue weighted by Crippen LogP contribution is 2.36. The number of likely N-dealkylation sites (tertiary alicyclic amines) is 1. The van der Waals surface area contributed by atoms with Crippen LogP contribution < -0.4 is 15.5 Å². The van der Waals surface area contributed by atoms with Gasteiger partial charge in [0.1, 0.15) is 17.9 Å². The number of thioether (sulfide) groups is 1. The van der Waals surface area contributed by atoms with Gasteiger partial charge in [-0.15, -0.1) is 11.8 Å². The van der Waals surface area contributed by atoms with Crippen LogP contribution in [0.15, 0.2) is 59.6 Å². The zero-order valence-electron chi connectivity index (χ0n) is 24.9. The van der Waals surface area contributed by atoms with E-state index in [-0.39, 0.29) is 36.4 Å². The second kappa shape index (κ2) is 13.6. The van der Waals surface area contributed by atoms with Crippen molar-refractivity contribution in [2.24, 2.45) is 0 Å². The molecule has 0 bridgehead atoms. The molecule has 5 rings (SSSR count). The van der Waals surface area contributed by atoms with Gasteiger partial charge >= 0.3 is 6.61 Å². The molecule has 1 atom stereocenters. The van der Waals surface area contributed by atoms with E-state index in [1.54, 1.807) is 47.4 Å². The number of amides is 2. The second-order valence-electron chi connectivity index (χ2n) is 11.1. The number of hydrazine groups is 1. The highest BCUT2D eigenvalue weighted by atomic mass is 32.2. The summed E-state index contributed by atoms with van der Waals surface area (Å²) < 4.78 is 60.0. The Morgan fingerprint density at radius 3 is 2.71 bits per heavy atom. The smallest absolute Gasteiger partial charge is 0.387 e. The van der Waals surface area contributed by atoms with Gasteiger partial charge in [0.2, 0.25) is 5.91 Å². The first-order valence-electron chi connectivity index (χ1n) is 14.2. The quantitative estimate of drug-likeness (QED) is 0.237. The summed E-state index contributed by atoms with van der Waals surface area (Å²) in [6.45, 7) is -1.88. The number of benzene rings is 1. The molecule has 45 heavy (non-hydrogen) atoms. The summed E-state index contributed by atoms with van der Waals surface area (Å²) >= 11 is 1.40. The molecule has 0 aliphatic carbocycles. The Morgan fingerprint density at radius 1 is 1.27 bits per heavy atom. The SMILES string of the molecule is CSc1ccc(OC(F)F)c(C2NN(CC(=O)N3CCC(N(C)CC(C)(F)F)CC3)C=C2NC(=O)c2cnn3cccnc23)c1. The number of ether oxygens (including phenoxy) is 1. The lowest BCUT2D eigenvalue weighted by molar-refractivity contribution is -0.134. The van der Waals surface area contributed by atoms with Crippen LogP contribution in [0, 0.1) is 0 Å². The molecule has 1 saturated heterocycles. The van der Waals surface area contributed by atoms with E-state index < -0.39 is 24.5 Å². The van der Waals surface area contributed by atoms with E-state index in [4.69, 9.17) is 4.74 Å². The lowest BCUT2D eigenvalue weighted by Crippen LogP contribution is -2.50. The number of carbonyl (C=O) groups excluding carboxylic acids is 2. The Hall–Kier alpha value is -3.89. The Bertz CT molecular complexity index is 1560. The maximum absolute atomic E-state index is 13.5. The van der Waals surface area contributed by atoms with Gasteiger partial charge in [-0.1, -0.05) is 0 Å². The Labute approximate surface area is 261 Å². The lowest BCUT2D eigenvalue weighted by Gasteiger charge is -2.38. The van der Waals surface area contributed by atoms with Crippen LogP contribution in [0.1, 0.15) is 41.7 Å². The van der Waals surface area contributed by atoms with Crippen LogP contribution in [0.25, 0.3) is 5.65 Å². The summed E-state index contributed by atoms with van der Waals surface area (Å²) in [7, 11) is 1.66. The third-order valence-electron chi connectivity index (χ3n) is 7.70. The summed E-state index contributed by atoms with van der Waals surface area (Å²) in [5, 5.41) is 8.49. The van der Waals surface area contributed by atoms with Crippen LogP contribution in [0.4, 0.5) is 17.6 Å². The van der Waals surface area contributed by atoms with Gasteiger partial charge in [0.05, 0.1) is 24.5 Å². The molecular weight excluding hydrogens is 616 g/mol. The van der Waals surface area contributed by atoms with Gasteiger partial charge in [-0.05, 0) is 50.4 Å². The zero-order chi connectivity index (χ0) is 32.3. The number of nitrogens with zero attached hydrogens (tertiary/aromatic N) is 6. The minimum Gasteiger partial charge on any atom is -0.434 e. The van der Waals surface area contributed by atoms with Crippen LogP contribution in [-0.4, -0.2) is 99.3 Å². The summed E-state index contributed by atoms with van der Waals surface area (Å²) in [5.74, 6) is -3.65. The Morgan fingerprint density at radius 2 is 2.02 bits per heavy atom. The number of piperidine rings is 1. The zero-order valence-corrected chi connectivity index (χ0v) is 25.7. The van der Waals surface area contributed by atoms with Gasteiger partial charge in [0.15, 0.2) is 5.65 Å². The number of fused-ring (bicyclic) bond motifs is 1. The highest BCUT2D eigenvalue weighted by Gasteiger charge is 2.34. The average Bonchev–Trinajstić information content (AvgIpc) is 3.60. The minimum atomic E-state index is -3.08. The van der Waals surface area contributed by atoms with Crippen molar-refractivity contribution < 1.29 is 31.9 Å². The molecule has 16 heteroatoms. The van der Waals surface area contributed by atoms with Gasteiger partial charge < -0.3 is 20.0 Å². The predicted molar refractivity (Wildman–Crippen MR) is 159 cm³/mol. The number of hydrogen-bond donors (Lipinski definition) is 2.